The summed E-state index contributed by atoms with van der Waals surface area (Å²) in [6.07, 6.45) is 11.0. The molecular formula is C21H23N3O. The lowest BCUT2D eigenvalue weighted by Gasteiger charge is -2.22. The van der Waals surface area contributed by atoms with Crippen molar-refractivity contribution in [3.63, 3.8) is 0 Å². The van der Waals surface area contributed by atoms with Crippen LogP contribution in [-0.2, 0) is 11.3 Å². The number of fused-ring (bicyclic) bond motifs is 1. The van der Waals surface area contributed by atoms with Gasteiger partial charge in [-0.3, -0.25) is 4.79 Å². The van der Waals surface area contributed by atoms with Gasteiger partial charge < -0.3 is 9.88 Å². The van der Waals surface area contributed by atoms with Crippen molar-refractivity contribution in [3.05, 3.63) is 54.3 Å². The number of benzene rings is 1. The number of rotatable bonds is 5. The third-order valence-corrected chi connectivity index (χ3v) is 4.75. The van der Waals surface area contributed by atoms with Crippen LogP contribution in [0.15, 0.2) is 48.7 Å². The van der Waals surface area contributed by atoms with Crippen molar-refractivity contribution in [1.29, 1.82) is 5.26 Å². The highest BCUT2D eigenvalue weighted by Crippen LogP contribution is 2.24. The van der Waals surface area contributed by atoms with Crippen LogP contribution in [-0.4, -0.2) is 16.5 Å². The molecule has 25 heavy (non-hydrogen) atoms. The van der Waals surface area contributed by atoms with E-state index in [1.165, 1.54) is 6.42 Å². The molecule has 1 aliphatic rings. The molecule has 1 aromatic carbocycles. The van der Waals surface area contributed by atoms with Crippen LogP contribution < -0.4 is 5.32 Å². The Morgan fingerprint density at radius 3 is 2.80 bits per heavy atom. The van der Waals surface area contributed by atoms with Gasteiger partial charge in [-0.15, -0.1) is 6.58 Å². The third kappa shape index (κ3) is 3.83. The Kier molecular flexibility index (Phi) is 5.35. The molecule has 0 unspecified atom stereocenters. The summed E-state index contributed by atoms with van der Waals surface area (Å²) in [6, 6.07) is 10.2. The maximum atomic E-state index is 12.5. The molecule has 4 nitrogen and oxygen atoms in total. The maximum absolute atomic E-state index is 12.5. The summed E-state index contributed by atoms with van der Waals surface area (Å²) in [5, 5.41) is 13.5. The first kappa shape index (κ1) is 17.0. The molecule has 0 atom stereocenters. The van der Waals surface area contributed by atoms with Crippen LogP contribution in [0.1, 0.15) is 37.7 Å². The van der Waals surface area contributed by atoms with E-state index in [9.17, 15) is 10.1 Å². The molecule has 1 aromatic heterocycles. The second kappa shape index (κ2) is 7.85. The number of para-hydroxylation sites is 1. The molecule has 1 fully saturated rings. The lowest BCUT2D eigenvalue weighted by atomic mass is 9.95. The molecule has 0 aliphatic heterocycles. The predicted molar refractivity (Wildman–Crippen MR) is 101 cm³/mol. The molecule has 0 radical (unpaired) electrons. The summed E-state index contributed by atoms with van der Waals surface area (Å²) in [5.74, 6) is -0.269. The lowest BCUT2D eigenvalue weighted by Crippen LogP contribution is -2.36. The molecule has 0 saturated heterocycles. The molecule has 1 N–H and O–H groups in total. The van der Waals surface area contributed by atoms with Crippen molar-refractivity contribution in [1.82, 2.24) is 9.88 Å². The van der Waals surface area contributed by atoms with Crippen LogP contribution in [0, 0.1) is 11.3 Å². The van der Waals surface area contributed by atoms with Gasteiger partial charge >= 0.3 is 0 Å². The maximum Gasteiger partial charge on any atom is 0.262 e. The van der Waals surface area contributed by atoms with Gasteiger partial charge in [0.2, 0.25) is 0 Å². The molecule has 0 bridgehead atoms. The minimum atomic E-state index is -0.269. The fourth-order valence-corrected chi connectivity index (χ4v) is 3.49. The largest absolute Gasteiger partial charge is 0.349 e. The summed E-state index contributed by atoms with van der Waals surface area (Å²) in [7, 11) is 0. The molecular weight excluding hydrogens is 310 g/mol. The quantitative estimate of drug-likeness (QED) is 0.507. The van der Waals surface area contributed by atoms with Crippen molar-refractivity contribution in [2.24, 2.45) is 0 Å². The van der Waals surface area contributed by atoms with Crippen molar-refractivity contribution < 1.29 is 4.79 Å². The van der Waals surface area contributed by atoms with Crippen LogP contribution in [0.2, 0.25) is 0 Å². The average Bonchev–Trinajstić information content (AvgIpc) is 2.98. The summed E-state index contributed by atoms with van der Waals surface area (Å²) in [6.45, 7) is 4.47. The van der Waals surface area contributed by atoms with Gasteiger partial charge in [-0.2, -0.15) is 5.26 Å². The number of allylic oxidation sites excluding steroid dienone is 1. The molecule has 2 aromatic rings. The van der Waals surface area contributed by atoms with Gasteiger partial charge in [-0.25, -0.2) is 0 Å². The molecule has 1 aliphatic carbocycles. The smallest absolute Gasteiger partial charge is 0.262 e. The first-order valence-electron chi connectivity index (χ1n) is 8.84. The van der Waals surface area contributed by atoms with E-state index >= 15 is 0 Å². The summed E-state index contributed by atoms with van der Waals surface area (Å²) in [4.78, 5) is 12.5. The fourth-order valence-electron chi connectivity index (χ4n) is 3.49. The highest BCUT2D eigenvalue weighted by Gasteiger charge is 2.18. The van der Waals surface area contributed by atoms with Crippen molar-refractivity contribution >= 4 is 22.9 Å². The van der Waals surface area contributed by atoms with Gasteiger partial charge in [0.1, 0.15) is 11.6 Å². The Hall–Kier alpha value is -2.80. The highest BCUT2D eigenvalue weighted by atomic mass is 16.1. The van der Waals surface area contributed by atoms with Gasteiger partial charge in [-0.05, 0) is 25.0 Å². The van der Waals surface area contributed by atoms with Crippen molar-refractivity contribution in [2.75, 3.05) is 0 Å². The van der Waals surface area contributed by atoms with E-state index in [0.29, 0.717) is 6.54 Å². The Labute approximate surface area is 148 Å². The minimum Gasteiger partial charge on any atom is -0.349 e. The van der Waals surface area contributed by atoms with Crippen LogP contribution >= 0.6 is 0 Å². The number of carbonyl (C=O) groups excluding carboxylic acids is 1. The Balaban J connectivity index is 1.89. The second-order valence-electron chi connectivity index (χ2n) is 6.52. The molecule has 3 rings (SSSR count). The van der Waals surface area contributed by atoms with E-state index in [4.69, 9.17) is 0 Å². The monoisotopic (exact) mass is 333 g/mol. The van der Waals surface area contributed by atoms with E-state index in [1.54, 1.807) is 6.08 Å². The molecule has 128 valence electrons. The topological polar surface area (TPSA) is 57.8 Å². The van der Waals surface area contributed by atoms with E-state index in [-0.39, 0.29) is 17.5 Å². The van der Waals surface area contributed by atoms with E-state index in [0.717, 1.165) is 42.1 Å². The fraction of sp³-hybridized carbons (Fsp3) is 0.333. The van der Waals surface area contributed by atoms with Crippen molar-refractivity contribution in [2.45, 2.75) is 44.7 Å². The number of hydrogen-bond acceptors (Lipinski definition) is 2. The lowest BCUT2D eigenvalue weighted by molar-refractivity contribution is -0.117. The standard InChI is InChI=1S/C21H23N3O/c1-2-12-24-15-17(19-10-6-7-11-20(19)24)13-16(14-22)21(25)23-18-8-4-3-5-9-18/h2,6-7,10-11,13,15,18H,1,3-5,8-9,12H2,(H,23,25)/b16-13-. The first-order valence-corrected chi connectivity index (χ1v) is 8.84. The molecule has 1 amide bonds. The number of aromatic nitrogens is 1. The number of nitrogens with zero attached hydrogens (tertiary/aromatic N) is 2. The molecule has 0 spiro atoms. The predicted octanol–water partition coefficient (Wildman–Crippen LogP) is 4.18. The van der Waals surface area contributed by atoms with Crippen LogP contribution in [0.5, 0.6) is 0 Å². The van der Waals surface area contributed by atoms with Gasteiger partial charge in [0, 0.05) is 35.2 Å². The summed E-state index contributed by atoms with van der Waals surface area (Å²) < 4.78 is 2.07. The summed E-state index contributed by atoms with van der Waals surface area (Å²) >= 11 is 0. The van der Waals surface area contributed by atoms with Crippen molar-refractivity contribution in [3.8, 4) is 6.07 Å². The van der Waals surface area contributed by atoms with E-state index in [1.807, 2.05) is 36.5 Å². The summed E-state index contributed by atoms with van der Waals surface area (Å²) in [5.41, 5.74) is 2.11. The molecule has 1 saturated carbocycles. The highest BCUT2D eigenvalue weighted by molar-refractivity contribution is 6.04. The van der Waals surface area contributed by atoms with Gasteiger partial charge in [0.15, 0.2) is 0 Å². The first-order chi connectivity index (χ1) is 12.2. The number of nitriles is 1. The molecule has 1 heterocycles. The average molecular weight is 333 g/mol. The third-order valence-electron chi connectivity index (χ3n) is 4.75. The minimum absolute atomic E-state index is 0.159. The van der Waals surface area contributed by atoms with Crippen LogP contribution in [0.3, 0.4) is 0 Å². The number of nitrogens with one attached hydrogen (secondary N) is 1. The Morgan fingerprint density at radius 1 is 1.32 bits per heavy atom. The SMILES string of the molecule is C=CCn1cc(/C=C(/C#N)C(=O)NC2CCCCC2)c2ccccc21. The number of amides is 1. The number of carbonyl (C=O) groups is 1. The Morgan fingerprint density at radius 2 is 2.08 bits per heavy atom. The van der Waals surface area contributed by atoms with Crippen LogP contribution in [0.4, 0.5) is 0 Å². The van der Waals surface area contributed by atoms with Gasteiger partial charge in [-0.1, -0.05) is 43.5 Å². The van der Waals surface area contributed by atoms with E-state index in [2.05, 4.69) is 22.5 Å². The number of hydrogen-bond donors (Lipinski definition) is 1. The van der Waals surface area contributed by atoms with Gasteiger partial charge in [0.05, 0.1) is 0 Å². The van der Waals surface area contributed by atoms with Crippen LogP contribution in [0.25, 0.3) is 17.0 Å². The van der Waals surface area contributed by atoms with E-state index < -0.39 is 0 Å². The molecule has 4 heteroatoms. The normalized spacial score (nSPS) is 15.7. The zero-order valence-electron chi connectivity index (χ0n) is 14.4. The Bertz CT molecular complexity index is 848. The zero-order chi connectivity index (χ0) is 17.6. The second-order valence-corrected chi connectivity index (χ2v) is 6.52. The zero-order valence-corrected chi connectivity index (χ0v) is 14.4. The van der Waals surface area contributed by atoms with Gasteiger partial charge in [0.25, 0.3) is 5.91 Å².